The molecule has 0 amide bonds. The van der Waals surface area contributed by atoms with E-state index in [-0.39, 0.29) is 10.7 Å². The minimum Gasteiger partial charge on any atom is -0.457 e. The van der Waals surface area contributed by atoms with Crippen LogP contribution in [0.25, 0.3) is 11.1 Å². The molecule has 0 heterocycles. The van der Waals surface area contributed by atoms with E-state index in [0.29, 0.717) is 11.5 Å². The molecule has 0 aromatic heterocycles. The first kappa shape index (κ1) is 16.2. The fraction of sp³-hybridized carbons (Fsp3) is 0.0526. The Kier molecular flexibility index (Phi) is 4.36. The van der Waals surface area contributed by atoms with Gasteiger partial charge in [0.05, 0.1) is 4.90 Å². The van der Waals surface area contributed by atoms with Crippen LogP contribution in [-0.2, 0) is 9.84 Å². The van der Waals surface area contributed by atoms with Crippen molar-refractivity contribution < 1.29 is 17.5 Å². The second-order valence-electron chi connectivity index (χ2n) is 5.35. The molecule has 0 radical (unpaired) electrons. The van der Waals surface area contributed by atoms with Crippen molar-refractivity contribution in [3.05, 3.63) is 78.6 Å². The number of hydrogen-bond donors (Lipinski definition) is 0. The van der Waals surface area contributed by atoms with Crippen LogP contribution in [0.3, 0.4) is 0 Å². The Hall–Kier alpha value is -2.66. The molecule has 0 aliphatic heterocycles. The smallest absolute Gasteiger partial charge is 0.175 e. The maximum atomic E-state index is 13.0. The molecular weight excluding hydrogens is 327 g/mol. The number of ether oxygens (including phenoxy) is 1. The van der Waals surface area contributed by atoms with E-state index in [2.05, 4.69) is 0 Å². The molecule has 0 aliphatic carbocycles. The number of halogens is 1. The van der Waals surface area contributed by atoms with Gasteiger partial charge in [-0.15, -0.1) is 0 Å². The largest absolute Gasteiger partial charge is 0.457 e. The molecule has 0 N–H and O–H groups in total. The molecule has 3 nitrogen and oxygen atoms in total. The van der Waals surface area contributed by atoms with Crippen LogP contribution in [0, 0.1) is 5.82 Å². The normalized spacial score (nSPS) is 11.2. The van der Waals surface area contributed by atoms with Crippen LogP contribution < -0.4 is 4.74 Å². The van der Waals surface area contributed by atoms with Gasteiger partial charge in [0.25, 0.3) is 0 Å². The molecule has 0 aliphatic rings. The molecule has 24 heavy (non-hydrogen) atoms. The van der Waals surface area contributed by atoms with E-state index in [1.165, 1.54) is 18.4 Å². The first-order chi connectivity index (χ1) is 11.4. The molecule has 0 fully saturated rings. The monoisotopic (exact) mass is 342 g/mol. The van der Waals surface area contributed by atoms with Crippen molar-refractivity contribution in [2.24, 2.45) is 0 Å². The zero-order valence-electron chi connectivity index (χ0n) is 12.9. The number of hydrogen-bond acceptors (Lipinski definition) is 3. The number of para-hydroxylation sites is 1. The average molecular weight is 342 g/mol. The number of rotatable bonds is 4. The second kappa shape index (κ2) is 6.45. The third kappa shape index (κ3) is 3.63. The van der Waals surface area contributed by atoms with Crippen molar-refractivity contribution in [3.8, 4) is 22.6 Å². The van der Waals surface area contributed by atoms with Gasteiger partial charge in [-0.2, -0.15) is 0 Å². The molecule has 0 saturated heterocycles. The zero-order chi connectivity index (χ0) is 17.2. The molecule has 0 spiro atoms. The third-order valence-corrected chi connectivity index (χ3v) is 4.65. The lowest BCUT2D eigenvalue weighted by molar-refractivity contribution is 0.482. The van der Waals surface area contributed by atoms with Gasteiger partial charge in [-0.25, -0.2) is 12.8 Å². The van der Waals surface area contributed by atoms with Crippen LogP contribution >= 0.6 is 0 Å². The predicted molar refractivity (Wildman–Crippen MR) is 91.5 cm³/mol. The van der Waals surface area contributed by atoms with Gasteiger partial charge >= 0.3 is 0 Å². The van der Waals surface area contributed by atoms with Gasteiger partial charge in [0.2, 0.25) is 0 Å². The summed E-state index contributed by atoms with van der Waals surface area (Å²) in [6, 6.07) is 19.8. The lowest BCUT2D eigenvalue weighted by Crippen LogP contribution is -1.96. The Morgan fingerprint density at radius 2 is 1.46 bits per heavy atom. The Morgan fingerprint density at radius 1 is 0.833 bits per heavy atom. The van der Waals surface area contributed by atoms with E-state index in [9.17, 15) is 12.8 Å². The van der Waals surface area contributed by atoms with Gasteiger partial charge in [0.1, 0.15) is 17.3 Å². The highest BCUT2D eigenvalue weighted by Crippen LogP contribution is 2.33. The van der Waals surface area contributed by atoms with Crippen LogP contribution in [-0.4, -0.2) is 14.7 Å². The summed E-state index contributed by atoms with van der Waals surface area (Å²) in [5, 5.41) is 0. The first-order valence-corrected chi connectivity index (χ1v) is 9.15. The highest BCUT2D eigenvalue weighted by molar-refractivity contribution is 7.90. The number of sulfone groups is 1. The second-order valence-corrected chi connectivity index (χ2v) is 7.36. The van der Waals surface area contributed by atoms with Gasteiger partial charge < -0.3 is 4.74 Å². The summed E-state index contributed by atoms with van der Waals surface area (Å²) in [4.78, 5) is 0.267. The third-order valence-electron chi connectivity index (χ3n) is 3.52. The van der Waals surface area contributed by atoms with E-state index in [1.54, 1.807) is 36.4 Å². The van der Waals surface area contributed by atoms with Gasteiger partial charge in [-0.05, 0) is 48.0 Å². The molecular formula is C19H15FO3S. The molecule has 3 aromatic rings. The van der Waals surface area contributed by atoms with Crippen molar-refractivity contribution in [2.75, 3.05) is 6.26 Å². The topological polar surface area (TPSA) is 43.4 Å². The van der Waals surface area contributed by atoms with Gasteiger partial charge in [0.15, 0.2) is 9.84 Å². The van der Waals surface area contributed by atoms with Crippen molar-refractivity contribution in [1.29, 1.82) is 0 Å². The minimum atomic E-state index is -3.23. The summed E-state index contributed by atoms with van der Waals surface area (Å²) in [5.74, 6) is 0.805. The van der Waals surface area contributed by atoms with Gasteiger partial charge in [-0.3, -0.25) is 0 Å². The standard InChI is InChI=1S/C19H15FO3S/c1-24(21,22)17-12-6-14(7-13-17)18-4-2-3-5-19(18)23-16-10-8-15(20)9-11-16/h2-13H,1H3. The zero-order valence-corrected chi connectivity index (χ0v) is 13.8. The molecule has 5 heteroatoms. The predicted octanol–water partition coefficient (Wildman–Crippen LogP) is 4.69. The van der Waals surface area contributed by atoms with Crippen molar-refractivity contribution >= 4 is 9.84 Å². The summed E-state index contributed by atoms with van der Waals surface area (Å²) < 4.78 is 42.0. The fourth-order valence-corrected chi connectivity index (χ4v) is 2.94. The lowest BCUT2D eigenvalue weighted by atomic mass is 10.0. The Morgan fingerprint density at radius 3 is 2.08 bits per heavy atom. The Labute approximate surface area is 140 Å². The van der Waals surface area contributed by atoms with E-state index < -0.39 is 9.84 Å². The quantitative estimate of drug-likeness (QED) is 0.691. The highest BCUT2D eigenvalue weighted by atomic mass is 32.2. The summed E-state index contributed by atoms with van der Waals surface area (Å²) in [6.07, 6.45) is 1.17. The van der Waals surface area contributed by atoms with E-state index in [4.69, 9.17) is 4.74 Å². The van der Waals surface area contributed by atoms with E-state index in [0.717, 1.165) is 11.1 Å². The maximum Gasteiger partial charge on any atom is 0.175 e. The van der Waals surface area contributed by atoms with Gasteiger partial charge in [0, 0.05) is 11.8 Å². The minimum absolute atomic E-state index is 0.267. The first-order valence-electron chi connectivity index (χ1n) is 7.26. The molecule has 0 saturated carbocycles. The van der Waals surface area contributed by atoms with E-state index in [1.807, 2.05) is 24.3 Å². The summed E-state index contributed by atoms with van der Waals surface area (Å²) in [7, 11) is -3.23. The molecule has 0 bridgehead atoms. The maximum absolute atomic E-state index is 13.0. The SMILES string of the molecule is CS(=O)(=O)c1ccc(-c2ccccc2Oc2ccc(F)cc2)cc1. The highest BCUT2D eigenvalue weighted by Gasteiger charge is 2.10. The molecule has 3 aromatic carbocycles. The fourth-order valence-electron chi connectivity index (χ4n) is 2.31. The van der Waals surface area contributed by atoms with Crippen molar-refractivity contribution in [3.63, 3.8) is 0 Å². The van der Waals surface area contributed by atoms with Crippen LogP contribution in [0.2, 0.25) is 0 Å². The van der Waals surface area contributed by atoms with Crippen LogP contribution in [0.4, 0.5) is 4.39 Å². The van der Waals surface area contributed by atoms with Crippen molar-refractivity contribution in [2.45, 2.75) is 4.90 Å². The summed E-state index contributed by atoms with van der Waals surface area (Å²) in [5.41, 5.74) is 1.65. The van der Waals surface area contributed by atoms with E-state index >= 15 is 0 Å². The molecule has 0 atom stereocenters. The van der Waals surface area contributed by atoms with Crippen LogP contribution in [0.5, 0.6) is 11.5 Å². The summed E-state index contributed by atoms with van der Waals surface area (Å²) in [6.45, 7) is 0. The lowest BCUT2D eigenvalue weighted by Gasteiger charge is -2.11. The average Bonchev–Trinajstić information content (AvgIpc) is 2.57. The number of benzene rings is 3. The Balaban J connectivity index is 1.95. The molecule has 122 valence electrons. The van der Waals surface area contributed by atoms with Crippen LogP contribution in [0.1, 0.15) is 0 Å². The summed E-state index contributed by atoms with van der Waals surface area (Å²) >= 11 is 0. The van der Waals surface area contributed by atoms with Crippen molar-refractivity contribution in [1.82, 2.24) is 0 Å². The molecule has 3 rings (SSSR count). The van der Waals surface area contributed by atoms with Gasteiger partial charge in [-0.1, -0.05) is 30.3 Å². The van der Waals surface area contributed by atoms with Crippen LogP contribution in [0.15, 0.2) is 77.7 Å². The molecule has 0 unspecified atom stereocenters. The Bertz CT molecular complexity index is 947.